The minimum atomic E-state index is -3.91. The smallest absolute Gasteiger partial charge is 0.264 e. The molecule has 0 saturated carbocycles. The lowest BCUT2D eigenvalue weighted by Crippen LogP contribution is -2.41. The molecule has 28 heavy (non-hydrogen) atoms. The molecule has 1 aliphatic rings. The maximum Gasteiger partial charge on any atom is 0.264 e. The summed E-state index contributed by atoms with van der Waals surface area (Å²) < 4.78 is 32.9. The van der Waals surface area contributed by atoms with Crippen molar-refractivity contribution in [1.82, 2.24) is 10.3 Å². The summed E-state index contributed by atoms with van der Waals surface area (Å²) in [6.45, 7) is 5.77. The molecule has 1 aromatic heterocycles. The Morgan fingerprint density at radius 3 is 2.57 bits per heavy atom. The van der Waals surface area contributed by atoms with Crippen LogP contribution in [-0.4, -0.2) is 38.0 Å². The number of sulfonamides is 1. The fraction of sp³-hybridized carbons (Fsp3) is 0.316. The zero-order chi connectivity index (χ0) is 20.5. The maximum absolute atomic E-state index is 13.1. The normalized spacial score (nSPS) is 13.9. The molecule has 2 heterocycles. The van der Waals surface area contributed by atoms with E-state index in [9.17, 15) is 13.2 Å². The van der Waals surface area contributed by atoms with Crippen LogP contribution in [-0.2, 0) is 10.0 Å². The van der Waals surface area contributed by atoms with Crippen LogP contribution in [0, 0.1) is 11.3 Å². The van der Waals surface area contributed by atoms with Crippen molar-refractivity contribution >= 4 is 21.6 Å². The number of nitrogens with zero attached hydrogens (tertiary/aromatic N) is 3. The summed E-state index contributed by atoms with van der Waals surface area (Å²) in [5.74, 6) is -0.208. The molecule has 0 unspecified atom stereocenters. The van der Waals surface area contributed by atoms with E-state index >= 15 is 0 Å². The summed E-state index contributed by atoms with van der Waals surface area (Å²) in [6, 6.07) is 9.07. The summed E-state index contributed by atoms with van der Waals surface area (Å²) >= 11 is 0. The molecule has 146 valence electrons. The molecule has 9 heteroatoms. The Hall–Kier alpha value is -3.12. The number of carbonyl (C=O) groups excluding carboxylic acids is 1. The third kappa shape index (κ3) is 3.92. The largest absolute Gasteiger partial charge is 0.474 e. The van der Waals surface area contributed by atoms with Gasteiger partial charge in [-0.2, -0.15) is 5.26 Å². The molecule has 0 radical (unpaired) electrons. The van der Waals surface area contributed by atoms with Crippen molar-refractivity contribution in [2.45, 2.75) is 31.2 Å². The summed E-state index contributed by atoms with van der Waals surface area (Å²) in [5.41, 5.74) is 0.359. The number of nitriles is 1. The highest BCUT2D eigenvalue weighted by Gasteiger charge is 2.32. The Balaban J connectivity index is 2.00. The van der Waals surface area contributed by atoms with Crippen molar-refractivity contribution < 1.29 is 17.9 Å². The second-order valence-electron chi connectivity index (χ2n) is 7.31. The SMILES string of the molecule is CC(C)(C)NC(=O)c1cnc2c(c1)N(S(=O)(=O)c1ccc(C#N)cc1)CCO2. The first-order valence-electron chi connectivity index (χ1n) is 8.60. The van der Waals surface area contributed by atoms with Gasteiger partial charge >= 0.3 is 0 Å². The molecule has 1 aromatic carbocycles. The number of pyridine rings is 1. The number of anilines is 1. The third-order valence-electron chi connectivity index (χ3n) is 3.96. The quantitative estimate of drug-likeness (QED) is 0.844. The highest BCUT2D eigenvalue weighted by atomic mass is 32.2. The second-order valence-corrected chi connectivity index (χ2v) is 9.18. The van der Waals surface area contributed by atoms with Gasteiger partial charge in [-0.25, -0.2) is 13.4 Å². The zero-order valence-electron chi connectivity index (χ0n) is 15.8. The van der Waals surface area contributed by atoms with Crippen molar-refractivity contribution in [3.05, 3.63) is 47.7 Å². The van der Waals surface area contributed by atoms with E-state index in [1.807, 2.05) is 26.8 Å². The van der Waals surface area contributed by atoms with E-state index in [0.717, 1.165) is 0 Å². The summed E-state index contributed by atoms with van der Waals surface area (Å²) in [6.07, 6.45) is 1.36. The van der Waals surface area contributed by atoms with E-state index in [4.69, 9.17) is 10.00 Å². The van der Waals surface area contributed by atoms with E-state index < -0.39 is 15.6 Å². The van der Waals surface area contributed by atoms with E-state index in [1.54, 1.807) is 0 Å². The Morgan fingerprint density at radius 1 is 1.29 bits per heavy atom. The minimum absolute atomic E-state index is 0.0453. The molecule has 0 bridgehead atoms. The first-order valence-corrected chi connectivity index (χ1v) is 10.0. The van der Waals surface area contributed by atoms with Crippen LogP contribution in [0.4, 0.5) is 5.69 Å². The van der Waals surface area contributed by atoms with Gasteiger partial charge in [0.05, 0.1) is 28.6 Å². The van der Waals surface area contributed by atoms with Crippen molar-refractivity contribution in [2.75, 3.05) is 17.5 Å². The molecule has 0 fully saturated rings. The van der Waals surface area contributed by atoms with E-state index in [1.165, 1.54) is 40.8 Å². The van der Waals surface area contributed by atoms with Crippen LogP contribution in [0.15, 0.2) is 41.4 Å². The average molecular weight is 400 g/mol. The van der Waals surface area contributed by atoms with E-state index in [2.05, 4.69) is 10.3 Å². The van der Waals surface area contributed by atoms with Crippen LogP contribution in [0.3, 0.4) is 0 Å². The van der Waals surface area contributed by atoms with Crippen molar-refractivity contribution in [1.29, 1.82) is 5.26 Å². The van der Waals surface area contributed by atoms with Crippen LogP contribution in [0.25, 0.3) is 0 Å². The second kappa shape index (κ2) is 7.13. The topological polar surface area (TPSA) is 112 Å². The molecule has 1 N–H and O–H groups in total. The first kappa shape index (κ1) is 19.6. The van der Waals surface area contributed by atoms with Crippen LogP contribution in [0.5, 0.6) is 5.88 Å². The Bertz CT molecular complexity index is 1050. The fourth-order valence-corrected chi connectivity index (χ4v) is 4.13. The molecular formula is C19H20N4O4S. The number of hydrogen-bond acceptors (Lipinski definition) is 6. The zero-order valence-corrected chi connectivity index (χ0v) is 16.6. The Kier molecular flexibility index (Phi) is 5.00. The van der Waals surface area contributed by atoms with E-state index in [0.29, 0.717) is 5.56 Å². The van der Waals surface area contributed by atoms with Gasteiger partial charge in [0.25, 0.3) is 15.9 Å². The summed E-state index contributed by atoms with van der Waals surface area (Å²) in [5, 5.41) is 11.7. The minimum Gasteiger partial charge on any atom is -0.474 e. The van der Waals surface area contributed by atoms with Crippen molar-refractivity contribution in [3.8, 4) is 11.9 Å². The van der Waals surface area contributed by atoms with Crippen LogP contribution < -0.4 is 14.4 Å². The Morgan fingerprint density at radius 2 is 1.96 bits per heavy atom. The van der Waals surface area contributed by atoms with Gasteiger partial charge in [-0.15, -0.1) is 0 Å². The predicted molar refractivity (Wildman–Crippen MR) is 103 cm³/mol. The summed E-state index contributed by atoms with van der Waals surface area (Å²) in [4.78, 5) is 16.6. The lowest BCUT2D eigenvalue weighted by molar-refractivity contribution is 0.0919. The number of benzene rings is 1. The number of nitrogens with one attached hydrogen (secondary N) is 1. The number of ether oxygens (including phenoxy) is 1. The lowest BCUT2D eigenvalue weighted by atomic mass is 10.1. The molecule has 3 rings (SSSR count). The lowest BCUT2D eigenvalue weighted by Gasteiger charge is -2.30. The van der Waals surface area contributed by atoms with Crippen LogP contribution >= 0.6 is 0 Å². The molecule has 8 nitrogen and oxygen atoms in total. The molecule has 0 saturated heterocycles. The standard InChI is InChI=1S/C19H20N4O4S/c1-19(2,3)22-17(24)14-10-16-18(21-12-14)27-9-8-23(16)28(25,26)15-6-4-13(11-20)5-7-15/h4-7,10,12H,8-9H2,1-3H3,(H,22,24). The van der Waals surface area contributed by atoms with Gasteiger partial charge in [-0.3, -0.25) is 9.10 Å². The molecule has 1 aliphatic heterocycles. The number of carbonyl (C=O) groups is 1. The molecule has 0 spiro atoms. The fourth-order valence-electron chi connectivity index (χ4n) is 2.69. The number of amides is 1. The van der Waals surface area contributed by atoms with Gasteiger partial charge < -0.3 is 10.1 Å². The molecule has 0 atom stereocenters. The summed E-state index contributed by atoms with van der Waals surface area (Å²) in [7, 11) is -3.91. The van der Waals surface area contributed by atoms with Gasteiger partial charge in [0.2, 0.25) is 5.88 Å². The third-order valence-corrected chi connectivity index (χ3v) is 5.78. The predicted octanol–water partition coefficient (Wildman–Crippen LogP) is 2.07. The number of aromatic nitrogens is 1. The number of rotatable bonds is 3. The van der Waals surface area contributed by atoms with Gasteiger partial charge in [-0.1, -0.05) is 0 Å². The van der Waals surface area contributed by atoms with Gasteiger partial charge in [0, 0.05) is 11.7 Å². The van der Waals surface area contributed by atoms with Gasteiger partial charge in [0.15, 0.2) is 0 Å². The molecule has 2 aromatic rings. The van der Waals surface area contributed by atoms with Crippen molar-refractivity contribution in [3.63, 3.8) is 0 Å². The van der Waals surface area contributed by atoms with Gasteiger partial charge in [0.1, 0.15) is 12.3 Å². The first-order chi connectivity index (χ1) is 13.1. The monoisotopic (exact) mass is 400 g/mol. The van der Waals surface area contributed by atoms with E-state index in [-0.39, 0.29) is 41.1 Å². The average Bonchev–Trinajstić information content (AvgIpc) is 2.65. The highest BCUT2D eigenvalue weighted by molar-refractivity contribution is 7.92. The molecule has 0 aliphatic carbocycles. The molecular weight excluding hydrogens is 380 g/mol. The van der Waals surface area contributed by atoms with Crippen molar-refractivity contribution in [2.24, 2.45) is 0 Å². The molecule has 1 amide bonds. The highest BCUT2D eigenvalue weighted by Crippen LogP contribution is 2.34. The Labute approximate surface area is 163 Å². The van der Waals surface area contributed by atoms with Gasteiger partial charge in [-0.05, 0) is 51.1 Å². The van der Waals surface area contributed by atoms with Crippen LogP contribution in [0.2, 0.25) is 0 Å². The number of fused-ring (bicyclic) bond motifs is 1. The maximum atomic E-state index is 13.1. The number of hydrogen-bond donors (Lipinski definition) is 1. The van der Waals surface area contributed by atoms with Crippen LogP contribution in [0.1, 0.15) is 36.7 Å².